The summed E-state index contributed by atoms with van der Waals surface area (Å²) in [4.78, 5) is 8.86. The van der Waals surface area contributed by atoms with Crippen LogP contribution in [0.2, 0.25) is 10.0 Å². The van der Waals surface area contributed by atoms with Crippen molar-refractivity contribution < 1.29 is 5.11 Å². The molecule has 2 aromatic heterocycles. The van der Waals surface area contributed by atoms with Crippen molar-refractivity contribution in [2.45, 2.75) is 6.54 Å². The van der Waals surface area contributed by atoms with Crippen molar-refractivity contribution in [3.05, 3.63) is 57.6 Å². The number of thiazole rings is 1. The minimum absolute atomic E-state index is 0.0563. The molecule has 0 aliphatic heterocycles. The van der Waals surface area contributed by atoms with Crippen LogP contribution in [0.1, 0.15) is 5.01 Å². The Balaban J connectivity index is 1.57. The van der Waals surface area contributed by atoms with E-state index in [1.165, 1.54) is 29.7 Å². The normalized spacial score (nSPS) is 11.0. The first-order chi connectivity index (χ1) is 12.6. The lowest BCUT2D eigenvalue weighted by Gasteiger charge is -2.07. The van der Waals surface area contributed by atoms with Gasteiger partial charge in [-0.05, 0) is 24.3 Å². The Labute approximate surface area is 162 Å². The van der Waals surface area contributed by atoms with Gasteiger partial charge in [-0.2, -0.15) is 5.10 Å². The molecule has 6 nitrogen and oxygen atoms in total. The number of rotatable bonds is 4. The molecular formula is C17H10Cl2N5OS. The van der Waals surface area contributed by atoms with E-state index in [0.717, 1.165) is 9.71 Å². The number of anilines is 1. The predicted molar refractivity (Wildman–Crippen MR) is 102 cm³/mol. The molecule has 4 aromatic rings. The maximum absolute atomic E-state index is 11.4. The minimum atomic E-state index is -0.0563. The van der Waals surface area contributed by atoms with E-state index in [1.54, 1.807) is 24.3 Å². The molecule has 1 radical (unpaired) electrons. The fraction of sp³-hybridized carbons (Fsp3) is 0.0588. The summed E-state index contributed by atoms with van der Waals surface area (Å²) in [6.07, 6.45) is 1.51. The zero-order valence-corrected chi connectivity index (χ0v) is 15.4. The maximum atomic E-state index is 11.4. The van der Waals surface area contributed by atoms with Crippen LogP contribution in [0.25, 0.3) is 21.5 Å². The summed E-state index contributed by atoms with van der Waals surface area (Å²) in [5.41, 5.74) is 1.82. The van der Waals surface area contributed by atoms with Gasteiger partial charge in [0.15, 0.2) is 5.75 Å². The molecule has 2 heterocycles. The number of halogens is 2. The zero-order valence-electron chi connectivity index (χ0n) is 13.1. The summed E-state index contributed by atoms with van der Waals surface area (Å²) in [5, 5.41) is 24.2. The van der Waals surface area contributed by atoms with E-state index in [1.807, 2.05) is 0 Å². The standard InChI is InChI=1S/C17H10Cl2N5OS/c18-10-2-1-3-11(19)16(10)13-7-21-24-17(23-13)20-8-15-22-12-6-9(25)4-5-14(12)26-15/h1-7H,8H2,(H,20,23,24). The highest BCUT2D eigenvalue weighted by Crippen LogP contribution is 2.33. The zero-order chi connectivity index (χ0) is 18.1. The van der Waals surface area contributed by atoms with E-state index < -0.39 is 0 Å². The number of hydrogen-bond acceptors (Lipinski definition) is 6. The molecule has 129 valence electrons. The highest BCUT2D eigenvalue weighted by atomic mass is 35.5. The Hall–Kier alpha value is -2.48. The average Bonchev–Trinajstić information content (AvgIpc) is 3.02. The van der Waals surface area contributed by atoms with Crippen molar-refractivity contribution in [1.29, 1.82) is 0 Å². The van der Waals surface area contributed by atoms with Gasteiger partial charge in [-0.1, -0.05) is 29.3 Å². The van der Waals surface area contributed by atoms with Crippen LogP contribution in [0.3, 0.4) is 0 Å². The second kappa shape index (κ2) is 7.03. The molecule has 0 spiro atoms. The van der Waals surface area contributed by atoms with Gasteiger partial charge >= 0.3 is 0 Å². The van der Waals surface area contributed by atoms with Crippen LogP contribution < -0.4 is 5.32 Å². The van der Waals surface area contributed by atoms with Crippen LogP contribution in [0.5, 0.6) is 5.75 Å². The molecule has 2 aromatic carbocycles. The average molecular weight is 403 g/mol. The quantitative estimate of drug-likeness (QED) is 0.506. The molecule has 0 aliphatic rings. The Bertz CT molecular complexity index is 1080. The van der Waals surface area contributed by atoms with E-state index in [4.69, 9.17) is 23.2 Å². The van der Waals surface area contributed by atoms with Crippen LogP contribution in [-0.4, -0.2) is 20.2 Å². The summed E-state index contributed by atoms with van der Waals surface area (Å²) in [6.45, 7) is 0.412. The monoisotopic (exact) mass is 402 g/mol. The lowest BCUT2D eigenvalue weighted by molar-refractivity contribution is 0.355. The van der Waals surface area contributed by atoms with E-state index in [9.17, 15) is 5.11 Å². The second-order valence-corrected chi connectivity index (χ2v) is 7.28. The number of nitrogens with zero attached hydrogens (tertiary/aromatic N) is 4. The van der Waals surface area contributed by atoms with E-state index >= 15 is 0 Å². The van der Waals surface area contributed by atoms with Gasteiger partial charge < -0.3 is 5.32 Å². The van der Waals surface area contributed by atoms with Crippen molar-refractivity contribution >= 4 is 50.7 Å². The van der Waals surface area contributed by atoms with Crippen LogP contribution in [-0.2, 0) is 11.7 Å². The largest absolute Gasteiger partial charge is 0.346 e. The van der Waals surface area contributed by atoms with E-state index in [-0.39, 0.29) is 5.75 Å². The summed E-state index contributed by atoms with van der Waals surface area (Å²) in [6, 6.07) is 10.1. The predicted octanol–water partition coefficient (Wildman–Crippen LogP) is 5.21. The van der Waals surface area contributed by atoms with E-state index in [0.29, 0.717) is 39.3 Å². The molecular weight excluding hydrogens is 393 g/mol. The molecule has 1 N–H and O–H groups in total. The molecule has 0 unspecified atom stereocenters. The summed E-state index contributed by atoms with van der Waals surface area (Å²) < 4.78 is 0.956. The minimum Gasteiger partial charge on any atom is -0.346 e. The molecule has 0 bridgehead atoms. The highest BCUT2D eigenvalue weighted by Gasteiger charge is 2.12. The Morgan fingerprint density at radius 2 is 1.88 bits per heavy atom. The van der Waals surface area contributed by atoms with Crippen LogP contribution in [0, 0.1) is 0 Å². The third kappa shape index (κ3) is 3.41. The van der Waals surface area contributed by atoms with Gasteiger partial charge in [-0.25, -0.2) is 9.97 Å². The molecule has 0 aliphatic carbocycles. The van der Waals surface area contributed by atoms with Crippen LogP contribution in [0.4, 0.5) is 5.95 Å². The van der Waals surface area contributed by atoms with Gasteiger partial charge in [0, 0.05) is 11.6 Å². The molecule has 0 fully saturated rings. The van der Waals surface area contributed by atoms with Gasteiger partial charge in [0.05, 0.1) is 38.7 Å². The molecule has 9 heteroatoms. The lowest BCUT2D eigenvalue weighted by Crippen LogP contribution is -2.05. The molecule has 0 atom stereocenters. The summed E-state index contributed by atoms with van der Waals surface area (Å²) >= 11 is 13.9. The molecule has 26 heavy (non-hydrogen) atoms. The topological polar surface area (TPSA) is 83.5 Å². The Morgan fingerprint density at radius 1 is 1.08 bits per heavy atom. The number of hydrogen-bond donors (Lipinski definition) is 1. The smallest absolute Gasteiger partial charge is 0.243 e. The maximum Gasteiger partial charge on any atom is 0.243 e. The van der Waals surface area contributed by atoms with Gasteiger partial charge in [0.1, 0.15) is 5.01 Å². The Morgan fingerprint density at radius 3 is 2.69 bits per heavy atom. The fourth-order valence-corrected chi connectivity index (χ4v) is 3.91. The number of nitrogens with one attached hydrogen (secondary N) is 1. The number of fused-ring (bicyclic) bond motifs is 1. The Kier molecular flexibility index (Phi) is 4.58. The third-order valence-electron chi connectivity index (χ3n) is 3.58. The molecule has 4 rings (SSSR count). The number of aromatic nitrogens is 4. The van der Waals surface area contributed by atoms with Crippen molar-refractivity contribution in [2.75, 3.05) is 5.32 Å². The lowest BCUT2D eigenvalue weighted by atomic mass is 10.1. The van der Waals surface area contributed by atoms with E-state index in [2.05, 4.69) is 25.5 Å². The first kappa shape index (κ1) is 17.0. The molecule has 0 amide bonds. The van der Waals surface area contributed by atoms with Crippen molar-refractivity contribution in [2.24, 2.45) is 0 Å². The molecule has 0 saturated carbocycles. The van der Waals surface area contributed by atoms with Crippen molar-refractivity contribution in [1.82, 2.24) is 20.2 Å². The third-order valence-corrected chi connectivity index (χ3v) is 5.25. The van der Waals surface area contributed by atoms with Gasteiger partial charge in [-0.3, -0.25) is 5.11 Å². The first-order valence-corrected chi connectivity index (χ1v) is 9.12. The van der Waals surface area contributed by atoms with Crippen molar-refractivity contribution in [3.8, 4) is 17.0 Å². The van der Waals surface area contributed by atoms with Crippen LogP contribution in [0.15, 0.2) is 42.6 Å². The summed E-state index contributed by atoms with van der Waals surface area (Å²) in [7, 11) is 0. The molecule has 0 saturated heterocycles. The SMILES string of the molecule is [O]c1ccc2sc(CNc3nncc(-c4c(Cl)cccc4Cl)n3)nc2c1. The second-order valence-electron chi connectivity index (χ2n) is 5.35. The number of benzene rings is 2. The fourth-order valence-electron chi connectivity index (χ4n) is 2.43. The van der Waals surface area contributed by atoms with Gasteiger partial charge in [0.25, 0.3) is 0 Å². The van der Waals surface area contributed by atoms with Crippen molar-refractivity contribution in [3.63, 3.8) is 0 Å². The first-order valence-electron chi connectivity index (χ1n) is 7.54. The summed E-state index contributed by atoms with van der Waals surface area (Å²) in [5.74, 6) is 0.279. The van der Waals surface area contributed by atoms with Gasteiger partial charge in [-0.15, -0.1) is 16.4 Å². The van der Waals surface area contributed by atoms with Crippen LogP contribution >= 0.6 is 34.5 Å². The highest BCUT2D eigenvalue weighted by molar-refractivity contribution is 7.18. The van der Waals surface area contributed by atoms with Gasteiger partial charge in [0.2, 0.25) is 5.95 Å².